The van der Waals surface area contributed by atoms with Crippen LogP contribution in [-0.2, 0) is 14.3 Å². The summed E-state index contributed by atoms with van der Waals surface area (Å²) in [5.41, 5.74) is 0.628. The first-order valence-corrected chi connectivity index (χ1v) is 9.15. The van der Waals surface area contributed by atoms with Gasteiger partial charge in [-0.25, -0.2) is 4.39 Å². The molecule has 0 bridgehead atoms. The van der Waals surface area contributed by atoms with Gasteiger partial charge in [-0.3, -0.25) is 14.5 Å². The maximum atomic E-state index is 13.7. The lowest BCUT2D eigenvalue weighted by Gasteiger charge is -2.35. The van der Waals surface area contributed by atoms with Crippen LogP contribution in [-0.4, -0.2) is 54.2 Å². The maximum absolute atomic E-state index is 13.7. The lowest BCUT2D eigenvalue weighted by Crippen LogP contribution is -2.48. The van der Waals surface area contributed by atoms with Gasteiger partial charge < -0.3 is 15.2 Å². The van der Waals surface area contributed by atoms with Crippen molar-refractivity contribution < 1.29 is 23.8 Å². The fraction of sp³-hybridized carbons (Fsp3) is 0.579. The SMILES string of the molecule is O=C(O)C1CCC(NC(=O)C(c2cccc(F)c2)N2CCOCC2)CC1. The summed E-state index contributed by atoms with van der Waals surface area (Å²) in [5.74, 6) is -1.60. The number of carboxylic acid groups (broad SMARTS) is 1. The first-order chi connectivity index (χ1) is 12.5. The highest BCUT2D eigenvalue weighted by molar-refractivity contribution is 5.83. The average Bonchev–Trinajstić information content (AvgIpc) is 2.63. The van der Waals surface area contributed by atoms with Crippen LogP contribution in [0.15, 0.2) is 24.3 Å². The Hall–Kier alpha value is -1.99. The van der Waals surface area contributed by atoms with E-state index in [-0.39, 0.29) is 23.7 Å². The van der Waals surface area contributed by atoms with Crippen molar-refractivity contribution >= 4 is 11.9 Å². The third-order valence-electron chi connectivity index (χ3n) is 5.25. The van der Waals surface area contributed by atoms with Crippen LogP contribution in [0.2, 0.25) is 0 Å². The maximum Gasteiger partial charge on any atom is 0.306 e. The normalized spacial score (nSPS) is 25.4. The van der Waals surface area contributed by atoms with Gasteiger partial charge in [-0.15, -0.1) is 0 Å². The fourth-order valence-electron chi connectivity index (χ4n) is 3.81. The molecule has 0 aromatic heterocycles. The van der Waals surface area contributed by atoms with E-state index >= 15 is 0 Å². The number of carbonyl (C=O) groups excluding carboxylic acids is 1. The Kier molecular flexibility index (Phi) is 6.21. The highest BCUT2D eigenvalue weighted by Crippen LogP contribution is 2.27. The molecular formula is C19H25FN2O4. The molecule has 0 spiro atoms. The number of hydrogen-bond acceptors (Lipinski definition) is 4. The summed E-state index contributed by atoms with van der Waals surface area (Å²) in [6.07, 6.45) is 2.45. The minimum absolute atomic E-state index is 0.0322. The van der Waals surface area contributed by atoms with Crippen molar-refractivity contribution in [2.75, 3.05) is 26.3 Å². The number of nitrogens with one attached hydrogen (secondary N) is 1. The molecule has 26 heavy (non-hydrogen) atoms. The molecule has 1 aromatic rings. The highest BCUT2D eigenvalue weighted by atomic mass is 19.1. The van der Waals surface area contributed by atoms with Gasteiger partial charge in [0.25, 0.3) is 0 Å². The largest absolute Gasteiger partial charge is 0.481 e. The van der Waals surface area contributed by atoms with Crippen LogP contribution in [0.3, 0.4) is 0 Å². The summed E-state index contributed by atoms with van der Waals surface area (Å²) < 4.78 is 19.1. The second kappa shape index (κ2) is 8.60. The standard InChI is InChI=1S/C19H25FN2O4/c20-15-3-1-2-14(12-15)17(22-8-10-26-11-9-22)18(23)21-16-6-4-13(5-7-16)19(24)25/h1-3,12-13,16-17H,4-11H2,(H,21,23)(H,24,25). The Balaban J connectivity index is 1.70. The molecule has 6 nitrogen and oxygen atoms in total. The number of hydrogen-bond donors (Lipinski definition) is 2. The summed E-state index contributed by atoms with van der Waals surface area (Å²) in [6, 6.07) is 5.56. The third-order valence-corrected chi connectivity index (χ3v) is 5.25. The quantitative estimate of drug-likeness (QED) is 0.835. The molecule has 1 amide bonds. The van der Waals surface area contributed by atoms with Crippen LogP contribution in [0.4, 0.5) is 4.39 Å². The van der Waals surface area contributed by atoms with Gasteiger partial charge in [0.05, 0.1) is 19.1 Å². The molecule has 1 heterocycles. The van der Waals surface area contributed by atoms with Gasteiger partial charge in [0.15, 0.2) is 0 Å². The predicted octanol–water partition coefficient (Wildman–Crippen LogP) is 1.96. The molecule has 1 atom stereocenters. The zero-order valence-corrected chi connectivity index (χ0v) is 14.7. The summed E-state index contributed by atoms with van der Waals surface area (Å²) >= 11 is 0. The molecule has 3 rings (SSSR count). The molecule has 1 aliphatic carbocycles. The van der Waals surface area contributed by atoms with Crippen molar-refractivity contribution in [1.29, 1.82) is 0 Å². The highest BCUT2D eigenvalue weighted by Gasteiger charge is 2.32. The van der Waals surface area contributed by atoms with Crippen molar-refractivity contribution in [2.45, 2.75) is 37.8 Å². The summed E-state index contributed by atoms with van der Waals surface area (Å²) in [4.78, 5) is 26.1. The molecule has 1 saturated carbocycles. The Labute approximate surface area is 152 Å². The van der Waals surface area contributed by atoms with Crippen molar-refractivity contribution in [3.05, 3.63) is 35.6 Å². The predicted molar refractivity (Wildman–Crippen MR) is 93.1 cm³/mol. The lowest BCUT2D eigenvalue weighted by molar-refractivity contribution is -0.142. The Bertz CT molecular complexity index is 640. The zero-order chi connectivity index (χ0) is 18.5. The average molecular weight is 364 g/mol. The van der Waals surface area contributed by atoms with Gasteiger partial charge in [-0.2, -0.15) is 0 Å². The number of carbonyl (C=O) groups is 2. The first-order valence-electron chi connectivity index (χ1n) is 9.15. The molecule has 1 unspecified atom stereocenters. The van der Waals surface area contributed by atoms with Crippen LogP contribution in [0.5, 0.6) is 0 Å². The molecule has 2 aliphatic rings. The molecule has 1 aliphatic heterocycles. The molecule has 142 valence electrons. The number of nitrogens with zero attached hydrogens (tertiary/aromatic N) is 1. The number of ether oxygens (including phenoxy) is 1. The Morgan fingerprint density at radius 3 is 2.50 bits per heavy atom. The van der Waals surface area contributed by atoms with E-state index in [2.05, 4.69) is 5.32 Å². The number of benzene rings is 1. The van der Waals surface area contributed by atoms with Crippen LogP contribution < -0.4 is 5.32 Å². The molecule has 7 heteroatoms. The topological polar surface area (TPSA) is 78.9 Å². The van der Waals surface area contributed by atoms with Crippen LogP contribution in [0.1, 0.15) is 37.3 Å². The number of amides is 1. The van der Waals surface area contributed by atoms with E-state index in [4.69, 9.17) is 9.84 Å². The van der Waals surface area contributed by atoms with E-state index < -0.39 is 12.0 Å². The van der Waals surface area contributed by atoms with E-state index in [0.29, 0.717) is 57.6 Å². The summed E-state index contributed by atoms with van der Waals surface area (Å²) in [5, 5.41) is 12.2. The third kappa shape index (κ3) is 4.59. The van der Waals surface area contributed by atoms with Crippen molar-refractivity contribution in [1.82, 2.24) is 10.2 Å². The van der Waals surface area contributed by atoms with Gasteiger partial charge in [0, 0.05) is 19.1 Å². The second-order valence-electron chi connectivity index (χ2n) is 7.00. The van der Waals surface area contributed by atoms with Crippen LogP contribution in [0.25, 0.3) is 0 Å². The van der Waals surface area contributed by atoms with Crippen molar-refractivity contribution in [3.8, 4) is 0 Å². The van der Waals surface area contributed by atoms with Gasteiger partial charge >= 0.3 is 5.97 Å². The van der Waals surface area contributed by atoms with E-state index in [9.17, 15) is 14.0 Å². The number of carboxylic acids is 1. The molecule has 1 saturated heterocycles. The van der Waals surface area contributed by atoms with E-state index in [1.807, 2.05) is 4.90 Å². The van der Waals surface area contributed by atoms with Gasteiger partial charge in [-0.1, -0.05) is 12.1 Å². The smallest absolute Gasteiger partial charge is 0.306 e. The fourth-order valence-corrected chi connectivity index (χ4v) is 3.81. The van der Waals surface area contributed by atoms with Crippen LogP contribution in [0, 0.1) is 11.7 Å². The zero-order valence-electron chi connectivity index (χ0n) is 14.7. The van der Waals surface area contributed by atoms with E-state index in [1.165, 1.54) is 12.1 Å². The summed E-state index contributed by atoms with van der Waals surface area (Å²) in [6.45, 7) is 2.31. The van der Waals surface area contributed by atoms with Crippen molar-refractivity contribution in [2.24, 2.45) is 5.92 Å². The molecule has 1 aromatic carbocycles. The van der Waals surface area contributed by atoms with Gasteiger partial charge in [0.2, 0.25) is 5.91 Å². The first kappa shape index (κ1) is 18.8. The number of aliphatic carboxylic acids is 1. The van der Waals surface area contributed by atoms with Crippen molar-refractivity contribution in [3.63, 3.8) is 0 Å². The number of rotatable bonds is 5. The lowest BCUT2D eigenvalue weighted by atomic mass is 9.86. The Morgan fingerprint density at radius 2 is 1.88 bits per heavy atom. The van der Waals surface area contributed by atoms with Crippen LogP contribution >= 0.6 is 0 Å². The molecule has 0 radical (unpaired) electrons. The van der Waals surface area contributed by atoms with E-state index in [0.717, 1.165) is 0 Å². The number of halogens is 1. The second-order valence-corrected chi connectivity index (χ2v) is 7.00. The monoisotopic (exact) mass is 364 g/mol. The Morgan fingerprint density at radius 1 is 1.19 bits per heavy atom. The molecular weight excluding hydrogens is 339 g/mol. The van der Waals surface area contributed by atoms with E-state index in [1.54, 1.807) is 12.1 Å². The molecule has 2 fully saturated rings. The van der Waals surface area contributed by atoms with Gasteiger partial charge in [0.1, 0.15) is 11.9 Å². The number of morpholine rings is 1. The molecule has 2 N–H and O–H groups in total. The minimum atomic E-state index is -0.763. The van der Waals surface area contributed by atoms with Gasteiger partial charge in [-0.05, 0) is 43.4 Å². The minimum Gasteiger partial charge on any atom is -0.481 e. The summed E-state index contributed by atoms with van der Waals surface area (Å²) in [7, 11) is 0.